The van der Waals surface area contributed by atoms with E-state index in [4.69, 9.17) is 0 Å². The minimum atomic E-state index is -0.250. The summed E-state index contributed by atoms with van der Waals surface area (Å²) in [5.74, 6) is -0.250. The molecule has 15 heavy (non-hydrogen) atoms. The number of nitrogens with zero attached hydrogens (tertiary/aromatic N) is 1. The second kappa shape index (κ2) is 2.92. The Morgan fingerprint density at radius 2 is 2.13 bits per heavy atom. The molecule has 1 aromatic heterocycles. The molecule has 1 aliphatic carbocycles. The highest BCUT2D eigenvalue weighted by atomic mass is 19.1. The predicted molar refractivity (Wildman–Crippen MR) is 55.6 cm³/mol. The molecule has 0 spiro atoms. The second-order valence-electron chi connectivity index (χ2n) is 3.99. The van der Waals surface area contributed by atoms with Crippen LogP contribution in [-0.2, 0) is 0 Å². The molecule has 2 nitrogen and oxygen atoms in total. The highest BCUT2D eigenvalue weighted by molar-refractivity contribution is 5.89. The zero-order valence-corrected chi connectivity index (χ0v) is 8.11. The fourth-order valence-electron chi connectivity index (χ4n) is 2.05. The fourth-order valence-corrected chi connectivity index (χ4v) is 2.05. The first-order chi connectivity index (χ1) is 7.29. The summed E-state index contributed by atoms with van der Waals surface area (Å²) < 4.78 is 15.1. The first-order valence-corrected chi connectivity index (χ1v) is 5.05. The van der Waals surface area contributed by atoms with Gasteiger partial charge in [-0.1, -0.05) is 0 Å². The maximum atomic E-state index is 13.1. The molecular weight excluding hydrogens is 193 g/mol. The monoisotopic (exact) mass is 203 g/mol. The summed E-state index contributed by atoms with van der Waals surface area (Å²) >= 11 is 0. The van der Waals surface area contributed by atoms with Gasteiger partial charge in [0.25, 0.3) is 0 Å². The number of carbonyl (C=O) groups excluding carboxylic acids is 1. The van der Waals surface area contributed by atoms with Gasteiger partial charge in [0.15, 0.2) is 6.29 Å². The standard InChI is InChI=1S/C12H10FNO/c13-9-2-1-8-5-11(7-15)14(10-3-4-10)12(8)6-9/h1-2,5-7,10H,3-4H2. The quantitative estimate of drug-likeness (QED) is 0.688. The van der Waals surface area contributed by atoms with Gasteiger partial charge in [0.05, 0.1) is 11.2 Å². The maximum Gasteiger partial charge on any atom is 0.166 e. The Morgan fingerprint density at radius 3 is 2.80 bits per heavy atom. The van der Waals surface area contributed by atoms with Crippen LogP contribution in [0.3, 0.4) is 0 Å². The SMILES string of the molecule is O=Cc1cc2ccc(F)cc2n1C1CC1. The minimum absolute atomic E-state index is 0.250. The van der Waals surface area contributed by atoms with Gasteiger partial charge in [0.2, 0.25) is 0 Å². The van der Waals surface area contributed by atoms with Crippen molar-refractivity contribution in [3.05, 3.63) is 35.8 Å². The molecular formula is C12H10FNO. The Hall–Kier alpha value is -1.64. The van der Waals surface area contributed by atoms with Crippen LogP contribution < -0.4 is 0 Å². The predicted octanol–water partition coefficient (Wildman–Crippen LogP) is 2.93. The number of benzene rings is 1. The van der Waals surface area contributed by atoms with Gasteiger partial charge >= 0.3 is 0 Å². The second-order valence-corrected chi connectivity index (χ2v) is 3.99. The minimum Gasteiger partial charge on any atom is -0.335 e. The normalized spacial score (nSPS) is 15.8. The molecule has 0 aliphatic heterocycles. The van der Waals surface area contributed by atoms with E-state index in [9.17, 15) is 9.18 Å². The van der Waals surface area contributed by atoms with E-state index in [2.05, 4.69) is 0 Å². The van der Waals surface area contributed by atoms with E-state index in [1.54, 1.807) is 6.07 Å². The van der Waals surface area contributed by atoms with Gasteiger partial charge < -0.3 is 4.57 Å². The number of carbonyl (C=O) groups is 1. The average Bonchev–Trinajstić information content (AvgIpc) is 2.99. The number of hydrogen-bond donors (Lipinski definition) is 0. The molecule has 1 saturated carbocycles. The Morgan fingerprint density at radius 1 is 1.33 bits per heavy atom. The molecule has 1 fully saturated rings. The van der Waals surface area contributed by atoms with Gasteiger partial charge in [-0.2, -0.15) is 0 Å². The number of hydrogen-bond acceptors (Lipinski definition) is 1. The maximum absolute atomic E-state index is 13.1. The molecule has 2 aromatic rings. The molecule has 0 unspecified atom stereocenters. The Bertz CT molecular complexity index is 540. The molecule has 0 atom stereocenters. The number of aromatic nitrogens is 1. The number of rotatable bonds is 2. The molecule has 3 heteroatoms. The van der Waals surface area contributed by atoms with E-state index in [0.29, 0.717) is 11.7 Å². The van der Waals surface area contributed by atoms with Crippen molar-refractivity contribution in [3.63, 3.8) is 0 Å². The molecule has 1 heterocycles. The first-order valence-electron chi connectivity index (χ1n) is 5.05. The molecule has 1 aromatic carbocycles. The summed E-state index contributed by atoms with van der Waals surface area (Å²) in [4.78, 5) is 10.9. The Labute approximate surface area is 86.3 Å². The topological polar surface area (TPSA) is 22.0 Å². The third-order valence-corrected chi connectivity index (χ3v) is 2.87. The Balaban J connectivity index is 2.34. The lowest BCUT2D eigenvalue weighted by Gasteiger charge is -2.04. The van der Waals surface area contributed by atoms with Crippen LogP contribution in [-0.4, -0.2) is 10.9 Å². The highest BCUT2D eigenvalue weighted by Crippen LogP contribution is 2.39. The largest absolute Gasteiger partial charge is 0.335 e. The van der Waals surface area contributed by atoms with Gasteiger partial charge in [0, 0.05) is 11.4 Å². The zero-order valence-electron chi connectivity index (χ0n) is 8.11. The lowest BCUT2D eigenvalue weighted by Crippen LogP contribution is -1.98. The number of aldehydes is 1. The molecule has 0 radical (unpaired) electrons. The van der Waals surface area contributed by atoms with E-state index < -0.39 is 0 Å². The molecule has 0 saturated heterocycles. The van der Waals surface area contributed by atoms with Crippen LogP contribution >= 0.6 is 0 Å². The third kappa shape index (κ3) is 1.27. The number of halogens is 1. The van der Waals surface area contributed by atoms with Crippen molar-refractivity contribution >= 4 is 17.2 Å². The third-order valence-electron chi connectivity index (χ3n) is 2.87. The molecule has 3 rings (SSSR count). The van der Waals surface area contributed by atoms with E-state index in [-0.39, 0.29) is 5.82 Å². The summed E-state index contributed by atoms with van der Waals surface area (Å²) in [6, 6.07) is 6.86. The van der Waals surface area contributed by atoms with Gasteiger partial charge in [-0.05, 0) is 37.1 Å². The van der Waals surface area contributed by atoms with E-state index in [1.807, 2.05) is 10.6 Å². The molecule has 0 N–H and O–H groups in total. The average molecular weight is 203 g/mol. The zero-order chi connectivity index (χ0) is 10.4. The van der Waals surface area contributed by atoms with Gasteiger partial charge in [-0.3, -0.25) is 4.79 Å². The van der Waals surface area contributed by atoms with Crippen LogP contribution in [0.15, 0.2) is 24.3 Å². The van der Waals surface area contributed by atoms with Crippen molar-refractivity contribution in [3.8, 4) is 0 Å². The van der Waals surface area contributed by atoms with E-state index in [1.165, 1.54) is 12.1 Å². The Kier molecular flexibility index (Phi) is 1.69. The fraction of sp³-hybridized carbons (Fsp3) is 0.250. The summed E-state index contributed by atoms with van der Waals surface area (Å²) in [6.45, 7) is 0. The van der Waals surface area contributed by atoms with Crippen LogP contribution in [0.5, 0.6) is 0 Å². The molecule has 0 amide bonds. The van der Waals surface area contributed by atoms with Crippen LogP contribution in [0.2, 0.25) is 0 Å². The van der Waals surface area contributed by atoms with E-state index >= 15 is 0 Å². The van der Waals surface area contributed by atoms with Crippen molar-refractivity contribution in [1.29, 1.82) is 0 Å². The first kappa shape index (κ1) is 8.65. The van der Waals surface area contributed by atoms with Gasteiger partial charge in [0.1, 0.15) is 5.82 Å². The van der Waals surface area contributed by atoms with Crippen LogP contribution in [0.4, 0.5) is 4.39 Å². The van der Waals surface area contributed by atoms with Crippen molar-refractivity contribution in [2.75, 3.05) is 0 Å². The van der Waals surface area contributed by atoms with Crippen molar-refractivity contribution in [2.24, 2.45) is 0 Å². The summed E-state index contributed by atoms with van der Waals surface area (Å²) in [7, 11) is 0. The van der Waals surface area contributed by atoms with Crippen LogP contribution in [0.25, 0.3) is 10.9 Å². The molecule has 0 bridgehead atoms. The van der Waals surface area contributed by atoms with Crippen LogP contribution in [0, 0.1) is 5.82 Å². The van der Waals surface area contributed by atoms with Crippen molar-refractivity contribution < 1.29 is 9.18 Å². The number of fused-ring (bicyclic) bond motifs is 1. The van der Waals surface area contributed by atoms with Gasteiger partial charge in [-0.15, -0.1) is 0 Å². The van der Waals surface area contributed by atoms with Crippen LogP contribution in [0.1, 0.15) is 29.4 Å². The summed E-state index contributed by atoms with van der Waals surface area (Å²) in [6.07, 6.45) is 3.01. The van der Waals surface area contributed by atoms with Crippen molar-refractivity contribution in [1.82, 2.24) is 4.57 Å². The van der Waals surface area contributed by atoms with Gasteiger partial charge in [-0.25, -0.2) is 4.39 Å². The van der Waals surface area contributed by atoms with E-state index in [0.717, 1.165) is 30.0 Å². The summed E-state index contributed by atoms with van der Waals surface area (Å²) in [5.41, 5.74) is 1.48. The molecule has 76 valence electrons. The lowest BCUT2D eigenvalue weighted by molar-refractivity contribution is 0.111. The lowest BCUT2D eigenvalue weighted by atomic mass is 10.2. The summed E-state index contributed by atoms with van der Waals surface area (Å²) in [5, 5.41) is 0.936. The molecule has 1 aliphatic rings. The smallest absolute Gasteiger partial charge is 0.166 e. The van der Waals surface area contributed by atoms with Crippen molar-refractivity contribution in [2.45, 2.75) is 18.9 Å². The highest BCUT2D eigenvalue weighted by Gasteiger charge is 2.27.